The predicted molar refractivity (Wildman–Crippen MR) is 117 cm³/mol. The lowest BCUT2D eigenvalue weighted by Gasteiger charge is -2.20. The number of rotatable bonds is 9. The van der Waals surface area contributed by atoms with Crippen LogP contribution in [0.3, 0.4) is 0 Å². The molecule has 0 unspecified atom stereocenters. The average molecular weight is 390 g/mol. The van der Waals surface area contributed by atoms with E-state index in [4.69, 9.17) is 5.73 Å². The van der Waals surface area contributed by atoms with Gasteiger partial charge in [-0.15, -0.1) is 0 Å². The molecule has 3 aromatic rings. The van der Waals surface area contributed by atoms with Crippen LogP contribution in [0.4, 0.5) is 23.1 Å². The number of nitrogens with two attached hydrogens (primary N) is 1. The lowest BCUT2D eigenvalue weighted by Crippen LogP contribution is -2.35. The van der Waals surface area contributed by atoms with Gasteiger partial charge in [0.15, 0.2) is 0 Å². The zero-order valence-corrected chi connectivity index (χ0v) is 16.4. The van der Waals surface area contributed by atoms with Crippen molar-refractivity contribution in [2.45, 2.75) is 25.8 Å². The summed E-state index contributed by atoms with van der Waals surface area (Å²) >= 11 is 0. The van der Waals surface area contributed by atoms with Crippen molar-refractivity contribution >= 4 is 29.0 Å². The summed E-state index contributed by atoms with van der Waals surface area (Å²) < 4.78 is 0. The molecule has 0 aliphatic carbocycles. The van der Waals surface area contributed by atoms with Gasteiger partial charge in [-0.25, -0.2) is 4.98 Å². The summed E-state index contributed by atoms with van der Waals surface area (Å²) in [6.07, 6.45) is 3.05. The maximum atomic E-state index is 12.8. The van der Waals surface area contributed by atoms with Gasteiger partial charge in [0.2, 0.25) is 11.9 Å². The highest BCUT2D eigenvalue weighted by Crippen LogP contribution is 2.19. The van der Waals surface area contributed by atoms with Crippen molar-refractivity contribution in [1.29, 1.82) is 0 Å². The van der Waals surface area contributed by atoms with Crippen molar-refractivity contribution in [3.63, 3.8) is 0 Å². The summed E-state index contributed by atoms with van der Waals surface area (Å²) in [6, 6.07) is 18.6. The van der Waals surface area contributed by atoms with E-state index in [-0.39, 0.29) is 5.91 Å². The van der Waals surface area contributed by atoms with Crippen molar-refractivity contribution in [2.24, 2.45) is 5.73 Å². The van der Waals surface area contributed by atoms with Gasteiger partial charge in [0.05, 0.1) is 0 Å². The van der Waals surface area contributed by atoms with E-state index in [9.17, 15) is 4.79 Å². The van der Waals surface area contributed by atoms with Crippen molar-refractivity contribution in [3.8, 4) is 0 Å². The zero-order chi connectivity index (χ0) is 20.5. The number of aromatic nitrogens is 2. The molecule has 7 heteroatoms. The lowest BCUT2D eigenvalue weighted by atomic mass is 10.1. The number of amides is 1. The van der Waals surface area contributed by atoms with Gasteiger partial charge >= 0.3 is 0 Å². The number of aryl methyl sites for hydroxylation is 1. The van der Waals surface area contributed by atoms with Gasteiger partial charge < -0.3 is 21.7 Å². The second kappa shape index (κ2) is 10.2. The first-order chi connectivity index (χ1) is 14.2. The minimum atomic E-state index is -0.461. The summed E-state index contributed by atoms with van der Waals surface area (Å²) in [5, 5.41) is 9.39. The van der Waals surface area contributed by atoms with E-state index in [0.717, 1.165) is 23.4 Å². The minimum Gasteiger partial charge on any atom is -0.358 e. The average Bonchev–Trinajstić information content (AvgIpc) is 2.74. The van der Waals surface area contributed by atoms with E-state index in [1.54, 1.807) is 6.20 Å². The lowest BCUT2D eigenvalue weighted by molar-refractivity contribution is -0.117. The van der Waals surface area contributed by atoms with Gasteiger partial charge in [-0.2, -0.15) is 4.98 Å². The molecule has 0 radical (unpaired) electrons. The first-order valence-corrected chi connectivity index (χ1v) is 9.64. The second-order valence-corrected chi connectivity index (χ2v) is 6.70. The van der Waals surface area contributed by atoms with Crippen molar-refractivity contribution in [3.05, 3.63) is 72.4 Å². The monoisotopic (exact) mass is 390 g/mol. The highest BCUT2D eigenvalue weighted by Gasteiger charge is 2.20. The summed E-state index contributed by atoms with van der Waals surface area (Å²) in [7, 11) is 0. The smallest absolute Gasteiger partial charge is 0.246 e. The van der Waals surface area contributed by atoms with E-state index in [1.165, 1.54) is 0 Å². The van der Waals surface area contributed by atoms with Crippen LogP contribution in [0.25, 0.3) is 0 Å². The van der Waals surface area contributed by atoms with E-state index in [0.29, 0.717) is 24.7 Å². The molecule has 0 saturated carbocycles. The van der Waals surface area contributed by atoms with Crippen LogP contribution < -0.4 is 21.7 Å². The van der Waals surface area contributed by atoms with Crippen LogP contribution in [0.2, 0.25) is 0 Å². The Hall–Kier alpha value is -3.45. The molecular formula is C22H26N6O. The first kappa shape index (κ1) is 20.3. The van der Waals surface area contributed by atoms with Crippen LogP contribution in [-0.4, -0.2) is 28.5 Å². The molecule has 0 bridgehead atoms. The number of nitrogens with zero attached hydrogens (tertiary/aromatic N) is 2. The van der Waals surface area contributed by atoms with Gasteiger partial charge in [0.1, 0.15) is 11.9 Å². The fourth-order valence-corrected chi connectivity index (χ4v) is 2.81. The Morgan fingerprint density at radius 2 is 1.69 bits per heavy atom. The molecule has 1 atom stereocenters. The maximum absolute atomic E-state index is 12.8. The SMILES string of the molecule is Cc1cnc(Nc2ccccc2)nc1N[C@@H](CCCN)C(=O)Nc1ccccc1. The van der Waals surface area contributed by atoms with E-state index in [2.05, 4.69) is 25.9 Å². The number of benzene rings is 2. The van der Waals surface area contributed by atoms with Crippen LogP contribution in [0.15, 0.2) is 66.9 Å². The molecule has 3 rings (SSSR count). The molecule has 0 fully saturated rings. The van der Waals surface area contributed by atoms with Gasteiger partial charge in [-0.05, 0) is 50.6 Å². The maximum Gasteiger partial charge on any atom is 0.246 e. The molecule has 0 saturated heterocycles. The Balaban J connectivity index is 1.75. The van der Waals surface area contributed by atoms with Gasteiger partial charge in [-0.1, -0.05) is 36.4 Å². The normalized spacial score (nSPS) is 11.5. The molecule has 1 aromatic heterocycles. The summed E-state index contributed by atoms with van der Waals surface area (Å²) in [5.74, 6) is 0.953. The highest BCUT2D eigenvalue weighted by atomic mass is 16.2. The number of anilines is 4. The van der Waals surface area contributed by atoms with Crippen molar-refractivity contribution in [1.82, 2.24) is 9.97 Å². The highest BCUT2D eigenvalue weighted by molar-refractivity contribution is 5.96. The van der Waals surface area contributed by atoms with E-state index in [1.807, 2.05) is 67.6 Å². The van der Waals surface area contributed by atoms with E-state index >= 15 is 0 Å². The number of nitrogens with one attached hydrogen (secondary N) is 3. The van der Waals surface area contributed by atoms with Crippen LogP contribution in [-0.2, 0) is 4.79 Å². The fourth-order valence-electron chi connectivity index (χ4n) is 2.81. The predicted octanol–water partition coefficient (Wildman–Crippen LogP) is 3.69. The molecule has 150 valence electrons. The Morgan fingerprint density at radius 1 is 1.03 bits per heavy atom. The fraction of sp³-hybridized carbons (Fsp3) is 0.227. The topological polar surface area (TPSA) is 105 Å². The van der Waals surface area contributed by atoms with Gasteiger partial charge in [0, 0.05) is 23.1 Å². The molecule has 7 nitrogen and oxygen atoms in total. The van der Waals surface area contributed by atoms with Gasteiger partial charge in [0.25, 0.3) is 0 Å². The molecule has 0 aliphatic rings. The number of carbonyl (C=O) groups is 1. The number of carbonyl (C=O) groups excluding carboxylic acids is 1. The molecule has 2 aromatic carbocycles. The van der Waals surface area contributed by atoms with Crippen LogP contribution in [0.5, 0.6) is 0 Å². The largest absolute Gasteiger partial charge is 0.358 e. The molecule has 5 N–H and O–H groups in total. The number of hydrogen-bond donors (Lipinski definition) is 4. The van der Waals surface area contributed by atoms with Gasteiger partial charge in [-0.3, -0.25) is 4.79 Å². The third-order valence-electron chi connectivity index (χ3n) is 4.37. The van der Waals surface area contributed by atoms with Crippen molar-refractivity contribution in [2.75, 3.05) is 22.5 Å². The zero-order valence-electron chi connectivity index (χ0n) is 16.4. The number of para-hydroxylation sites is 2. The molecule has 0 spiro atoms. The Kier molecular flexibility index (Phi) is 7.13. The Morgan fingerprint density at radius 3 is 2.34 bits per heavy atom. The first-order valence-electron chi connectivity index (χ1n) is 9.64. The van der Waals surface area contributed by atoms with Crippen LogP contribution in [0, 0.1) is 6.92 Å². The molecular weight excluding hydrogens is 364 g/mol. The standard InChI is InChI=1S/C22H26N6O/c1-16-15-24-22(26-18-11-6-3-7-12-18)28-20(16)27-19(13-8-14-23)21(29)25-17-9-4-2-5-10-17/h2-7,9-12,15,19H,8,13-14,23H2,1H3,(H,25,29)(H2,24,26,27,28)/t19-/m0/s1. The summed E-state index contributed by atoms with van der Waals surface area (Å²) in [4.78, 5) is 21.7. The Bertz CT molecular complexity index is 917. The third kappa shape index (κ3) is 6.02. The third-order valence-corrected chi connectivity index (χ3v) is 4.37. The minimum absolute atomic E-state index is 0.125. The van der Waals surface area contributed by atoms with E-state index < -0.39 is 6.04 Å². The molecule has 0 aliphatic heterocycles. The Labute approximate surface area is 170 Å². The number of hydrogen-bond acceptors (Lipinski definition) is 6. The summed E-state index contributed by atoms with van der Waals surface area (Å²) in [6.45, 7) is 2.42. The van der Waals surface area contributed by atoms with Crippen LogP contribution >= 0.6 is 0 Å². The van der Waals surface area contributed by atoms with Crippen molar-refractivity contribution < 1.29 is 4.79 Å². The second-order valence-electron chi connectivity index (χ2n) is 6.70. The summed E-state index contributed by atoms with van der Waals surface area (Å²) in [5.41, 5.74) is 8.17. The quantitative estimate of drug-likeness (QED) is 0.444. The van der Waals surface area contributed by atoms with Crippen LogP contribution in [0.1, 0.15) is 18.4 Å². The molecule has 1 amide bonds. The molecule has 29 heavy (non-hydrogen) atoms. The molecule has 1 heterocycles.